The number of sulfonamides is 1. The van der Waals surface area contributed by atoms with Crippen molar-refractivity contribution in [3.63, 3.8) is 0 Å². The van der Waals surface area contributed by atoms with Gasteiger partial charge in [-0.1, -0.05) is 18.5 Å². The Labute approximate surface area is 158 Å². The number of imidazole rings is 1. The second-order valence-electron chi connectivity index (χ2n) is 6.18. The fourth-order valence-corrected chi connectivity index (χ4v) is 4.53. The van der Waals surface area contributed by atoms with Crippen LogP contribution in [0.1, 0.15) is 18.9 Å². The summed E-state index contributed by atoms with van der Waals surface area (Å²) in [6, 6.07) is -0.219. The molecule has 0 bridgehead atoms. The van der Waals surface area contributed by atoms with Gasteiger partial charge in [0.05, 0.1) is 6.33 Å². The van der Waals surface area contributed by atoms with Crippen LogP contribution in [0, 0.1) is 5.92 Å². The molecule has 0 saturated carbocycles. The van der Waals surface area contributed by atoms with Gasteiger partial charge < -0.3 is 10.3 Å². The van der Waals surface area contributed by atoms with Crippen LogP contribution in [0.4, 0.5) is 19.1 Å². The molecule has 8 nitrogen and oxygen atoms in total. The van der Waals surface area contributed by atoms with Crippen LogP contribution in [0.25, 0.3) is 0 Å². The number of piperidine rings is 1. The molecule has 0 spiro atoms. The van der Waals surface area contributed by atoms with Crippen molar-refractivity contribution in [3.05, 3.63) is 29.4 Å². The summed E-state index contributed by atoms with van der Waals surface area (Å²) in [4.78, 5) is 13.7. The third-order valence-electron chi connectivity index (χ3n) is 4.31. The average Bonchev–Trinajstić information content (AvgIpc) is 3.11. The first-order valence-corrected chi connectivity index (χ1v) is 9.76. The van der Waals surface area contributed by atoms with Crippen molar-refractivity contribution in [2.45, 2.75) is 30.6 Å². The summed E-state index contributed by atoms with van der Waals surface area (Å²) >= 11 is 5.60. The van der Waals surface area contributed by atoms with Crippen molar-refractivity contribution >= 4 is 27.6 Å². The average molecular weight is 425 g/mol. The van der Waals surface area contributed by atoms with Gasteiger partial charge in [0, 0.05) is 31.5 Å². The highest BCUT2D eigenvalue weighted by atomic mass is 35.5. The summed E-state index contributed by atoms with van der Waals surface area (Å²) in [6.45, 7) is 2.28. The van der Waals surface area contributed by atoms with Crippen molar-refractivity contribution in [3.8, 4) is 0 Å². The summed E-state index contributed by atoms with van der Waals surface area (Å²) in [6.07, 6.45) is -0.986. The van der Waals surface area contributed by atoms with Crippen molar-refractivity contribution < 1.29 is 21.6 Å². The molecule has 1 saturated heterocycles. The molecule has 27 heavy (non-hydrogen) atoms. The van der Waals surface area contributed by atoms with Crippen LogP contribution < -0.4 is 5.32 Å². The Hall–Kier alpha value is -1.92. The predicted molar refractivity (Wildman–Crippen MR) is 90.6 cm³/mol. The van der Waals surface area contributed by atoms with Crippen LogP contribution in [0.5, 0.6) is 0 Å². The first-order valence-electron chi connectivity index (χ1n) is 7.94. The Morgan fingerprint density at radius 2 is 2.11 bits per heavy atom. The predicted octanol–water partition coefficient (Wildman–Crippen LogP) is 2.38. The Kier molecular flexibility index (Phi) is 5.32. The highest BCUT2D eigenvalue weighted by Gasteiger charge is 2.36. The van der Waals surface area contributed by atoms with Gasteiger partial charge in [-0.2, -0.15) is 17.5 Å². The molecule has 2 atom stereocenters. The highest BCUT2D eigenvalue weighted by Crippen LogP contribution is 2.33. The molecule has 0 amide bonds. The third-order valence-corrected chi connectivity index (χ3v) is 6.36. The standard InChI is InChI=1S/C14H16ClF3N6O2S/c1-8-6-24(27(25,26)11-5-19-7-21-11)3-2-10(8)22-13-20-4-9(12(15)23-13)14(16,17)18/h4-5,7-8,10H,2-3,6H2,1H3,(H,19,21)(H,20,22,23)/t8-,10+/m1/s1. The van der Waals surface area contributed by atoms with Gasteiger partial charge in [0.2, 0.25) is 5.95 Å². The Balaban J connectivity index is 1.68. The first-order chi connectivity index (χ1) is 12.6. The van der Waals surface area contributed by atoms with Crippen LogP contribution >= 0.6 is 11.6 Å². The van der Waals surface area contributed by atoms with Gasteiger partial charge in [-0.05, 0) is 12.3 Å². The molecule has 13 heteroatoms. The molecule has 1 aliphatic heterocycles. The third kappa shape index (κ3) is 4.17. The van der Waals surface area contributed by atoms with E-state index in [2.05, 4.69) is 25.3 Å². The van der Waals surface area contributed by atoms with E-state index in [1.54, 1.807) is 0 Å². The molecule has 2 N–H and O–H groups in total. The number of hydrogen-bond acceptors (Lipinski definition) is 6. The van der Waals surface area contributed by atoms with Gasteiger partial charge in [0.1, 0.15) is 10.7 Å². The van der Waals surface area contributed by atoms with E-state index in [4.69, 9.17) is 11.6 Å². The van der Waals surface area contributed by atoms with E-state index >= 15 is 0 Å². The molecular weight excluding hydrogens is 409 g/mol. The van der Waals surface area contributed by atoms with Crippen LogP contribution in [-0.2, 0) is 16.2 Å². The second-order valence-corrected chi connectivity index (χ2v) is 8.43. The largest absolute Gasteiger partial charge is 0.420 e. The number of nitrogens with zero attached hydrogens (tertiary/aromatic N) is 4. The first kappa shape index (κ1) is 19.8. The normalized spacial score (nSPS) is 22.0. The number of anilines is 1. The molecule has 1 aliphatic rings. The van der Waals surface area contributed by atoms with E-state index < -0.39 is 26.9 Å². The zero-order valence-corrected chi connectivity index (χ0v) is 15.6. The fraction of sp³-hybridized carbons (Fsp3) is 0.500. The van der Waals surface area contributed by atoms with Crippen molar-refractivity contribution in [1.82, 2.24) is 24.2 Å². The minimum Gasteiger partial charge on any atom is -0.351 e. The number of aromatic nitrogens is 4. The molecule has 0 aliphatic carbocycles. The summed E-state index contributed by atoms with van der Waals surface area (Å²) in [5.74, 6) is -0.175. The lowest BCUT2D eigenvalue weighted by Gasteiger charge is -2.36. The molecule has 3 rings (SSSR count). The number of rotatable bonds is 4. The Morgan fingerprint density at radius 3 is 2.67 bits per heavy atom. The smallest absolute Gasteiger partial charge is 0.351 e. The zero-order valence-electron chi connectivity index (χ0n) is 14.0. The quantitative estimate of drug-likeness (QED) is 0.730. The van der Waals surface area contributed by atoms with Crippen molar-refractivity contribution in [2.75, 3.05) is 18.4 Å². The van der Waals surface area contributed by atoms with Crippen LogP contribution in [0.2, 0.25) is 5.15 Å². The van der Waals surface area contributed by atoms with E-state index in [1.807, 2.05) is 6.92 Å². The summed E-state index contributed by atoms with van der Waals surface area (Å²) in [7, 11) is -3.69. The van der Waals surface area contributed by atoms with Gasteiger partial charge in [0.25, 0.3) is 10.0 Å². The molecular formula is C14H16ClF3N6O2S. The molecule has 2 aromatic heterocycles. The number of halogens is 4. The SMILES string of the molecule is C[C@@H]1CN(S(=O)(=O)c2c[nH]cn2)CC[C@@H]1Nc1ncc(C(F)(F)F)c(Cl)n1. The minimum absolute atomic E-state index is 0.0338. The van der Waals surface area contributed by atoms with Crippen LogP contribution in [-0.4, -0.2) is 51.8 Å². The van der Waals surface area contributed by atoms with Gasteiger partial charge in [-0.25, -0.2) is 23.4 Å². The van der Waals surface area contributed by atoms with Gasteiger partial charge in [-0.3, -0.25) is 0 Å². The summed E-state index contributed by atoms with van der Waals surface area (Å²) in [5.41, 5.74) is -1.11. The van der Waals surface area contributed by atoms with Crippen molar-refractivity contribution in [1.29, 1.82) is 0 Å². The van der Waals surface area contributed by atoms with E-state index in [9.17, 15) is 21.6 Å². The second kappa shape index (κ2) is 7.24. The molecule has 1 fully saturated rings. The lowest BCUT2D eigenvalue weighted by molar-refractivity contribution is -0.137. The van der Waals surface area contributed by atoms with E-state index in [0.29, 0.717) is 12.6 Å². The number of aromatic amines is 1. The molecule has 3 heterocycles. The van der Waals surface area contributed by atoms with Gasteiger partial charge in [0.15, 0.2) is 5.03 Å². The van der Waals surface area contributed by atoms with Crippen LogP contribution in [0.3, 0.4) is 0 Å². The lowest BCUT2D eigenvalue weighted by atomic mass is 9.95. The number of hydrogen-bond donors (Lipinski definition) is 2. The molecule has 0 aromatic carbocycles. The maximum atomic E-state index is 12.7. The summed E-state index contributed by atoms with van der Waals surface area (Å²) in [5, 5.41) is 2.19. The molecule has 148 valence electrons. The maximum Gasteiger partial charge on any atom is 0.420 e. The Bertz CT molecular complexity index is 906. The minimum atomic E-state index is -4.63. The number of nitrogens with one attached hydrogen (secondary N) is 2. The number of alkyl halides is 3. The number of H-pyrrole nitrogens is 1. The molecule has 0 radical (unpaired) electrons. The van der Waals surface area contributed by atoms with Crippen molar-refractivity contribution in [2.24, 2.45) is 5.92 Å². The maximum absolute atomic E-state index is 12.7. The van der Waals surface area contributed by atoms with Crippen LogP contribution in [0.15, 0.2) is 23.7 Å². The molecule has 2 aromatic rings. The van der Waals surface area contributed by atoms with E-state index in [1.165, 1.54) is 16.8 Å². The van der Waals surface area contributed by atoms with Gasteiger partial charge in [-0.15, -0.1) is 0 Å². The molecule has 0 unspecified atom stereocenters. The fourth-order valence-electron chi connectivity index (χ4n) is 2.85. The highest BCUT2D eigenvalue weighted by molar-refractivity contribution is 7.89. The monoisotopic (exact) mass is 424 g/mol. The van der Waals surface area contributed by atoms with E-state index in [-0.39, 0.29) is 36.0 Å². The lowest BCUT2D eigenvalue weighted by Crippen LogP contribution is -2.47. The summed E-state index contributed by atoms with van der Waals surface area (Å²) < 4.78 is 64.5. The Morgan fingerprint density at radius 1 is 1.37 bits per heavy atom. The zero-order chi connectivity index (χ0) is 19.8. The van der Waals surface area contributed by atoms with Gasteiger partial charge >= 0.3 is 6.18 Å². The topological polar surface area (TPSA) is 104 Å². The van der Waals surface area contributed by atoms with E-state index in [0.717, 1.165) is 0 Å².